The Balaban J connectivity index is 1.60. The van der Waals surface area contributed by atoms with Crippen LogP contribution in [0.3, 0.4) is 0 Å². The molecule has 11 heteroatoms. The van der Waals surface area contributed by atoms with Crippen LogP contribution < -0.4 is 33.8 Å². The predicted molar refractivity (Wildman–Crippen MR) is 190 cm³/mol. The minimum Gasteiger partial charge on any atom is -0.493 e. The Hall–Kier alpha value is -4.35. The van der Waals surface area contributed by atoms with Gasteiger partial charge in [0.1, 0.15) is 6.61 Å². The summed E-state index contributed by atoms with van der Waals surface area (Å²) in [6, 6.07) is 16.5. The van der Waals surface area contributed by atoms with Crippen LogP contribution in [0.1, 0.15) is 62.9 Å². The number of ether oxygens (including phenoxy) is 5. The maximum atomic E-state index is 14.2. The van der Waals surface area contributed by atoms with Gasteiger partial charge in [-0.15, -0.1) is 0 Å². The van der Waals surface area contributed by atoms with Gasteiger partial charge in [0.05, 0.1) is 52.7 Å². The second-order valence-corrected chi connectivity index (χ2v) is 13.3. The lowest BCUT2D eigenvalue weighted by Gasteiger charge is -2.25. The summed E-state index contributed by atoms with van der Waals surface area (Å²) in [5, 5.41) is 0. The van der Waals surface area contributed by atoms with Gasteiger partial charge < -0.3 is 23.7 Å². The Morgan fingerprint density at radius 2 is 1.75 bits per heavy atom. The molecule has 1 aliphatic heterocycles. The van der Waals surface area contributed by atoms with E-state index in [2.05, 4.69) is 15.9 Å². The SMILES string of the molecule is CCOC(=O)C1=C(C)N=c2s/c(=C\c3cc(Br)c(OCc4ccc(C)cc4)c(OCC)c3)c(=O)n2[C@@H]1c1ccc(OC(C)C)c(OC)c1. The van der Waals surface area contributed by atoms with Crippen molar-refractivity contribution in [3.05, 3.63) is 112 Å². The first-order valence-electron chi connectivity index (χ1n) is 15.7. The van der Waals surface area contributed by atoms with Crippen molar-refractivity contribution in [2.24, 2.45) is 4.99 Å². The number of methoxy groups -OCH3 is 1. The number of fused-ring (bicyclic) bond motifs is 1. The first-order valence-corrected chi connectivity index (χ1v) is 17.3. The van der Waals surface area contributed by atoms with E-state index in [1.807, 2.05) is 70.2 Å². The fourth-order valence-corrected chi connectivity index (χ4v) is 7.00. The molecule has 0 N–H and O–H groups in total. The largest absolute Gasteiger partial charge is 0.493 e. The van der Waals surface area contributed by atoms with Crippen LogP contribution in [0.5, 0.6) is 23.0 Å². The number of allylic oxidation sites excluding steroid dienone is 1. The molecule has 3 aromatic carbocycles. The third kappa shape index (κ3) is 7.52. The van der Waals surface area contributed by atoms with E-state index in [9.17, 15) is 9.59 Å². The molecular formula is C37H39BrN2O7S. The van der Waals surface area contributed by atoms with E-state index in [1.54, 1.807) is 43.7 Å². The molecule has 1 aliphatic rings. The van der Waals surface area contributed by atoms with Crippen molar-refractivity contribution in [1.29, 1.82) is 0 Å². The highest BCUT2D eigenvalue weighted by atomic mass is 79.9. The Morgan fingerprint density at radius 1 is 1.00 bits per heavy atom. The van der Waals surface area contributed by atoms with Crippen LogP contribution in [0, 0.1) is 6.92 Å². The number of hydrogen-bond acceptors (Lipinski definition) is 9. The molecule has 0 bridgehead atoms. The fourth-order valence-electron chi connectivity index (χ4n) is 5.38. The van der Waals surface area contributed by atoms with Crippen LogP contribution >= 0.6 is 27.3 Å². The second kappa shape index (κ2) is 15.3. The summed E-state index contributed by atoms with van der Waals surface area (Å²) in [6.07, 6.45) is 1.72. The van der Waals surface area contributed by atoms with E-state index in [4.69, 9.17) is 28.7 Å². The summed E-state index contributed by atoms with van der Waals surface area (Å²) in [6.45, 7) is 12.3. The molecule has 0 spiro atoms. The molecule has 1 atom stereocenters. The van der Waals surface area contributed by atoms with E-state index in [0.29, 0.717) is 61.3 Å². The van der Waals surface area contributed by atoms with Gasteiger partial charge in [-0.25, -0.2) is 9.79 Å². The summed E-state index contributed by atoms with van der Waals surface area (Å²) >= 11 is 4.90. The Kier molecular flexibility index (Phi) is 11.1. The zero-order valence-corrected chi connectivity index (χ0v) is 30.5. The quantitative estimate of drug-likeness (QED) is 0.151. The molecule has 2 heterocycles. The molecule has 0 saturated carbocycles. The van der Waals surface area contributed by atoms with Crippen LogP contribution in [0.15, 0.2) is 80.1 Å². The van der Waals surface area contributed by atoms with Gasteiger partial charge in [0, 0.05) is 0 Å². The molecule has 4 aromatic rings. The van der Waals surface area contributed by atoms with E-state index in [0.717, 1.165) is 11.1 Å². The highest BCUT2D eigenvalue weighted by molar-refractivity contribution is 9.10. The van der Waals surface area contributed by atoms with Gasteiger partial charge in [-0.2, -0.15) is 0 Å². The van der Waals surface area contributed by atoms with Crippen LogP contribution in [0.2, 0.25) is 0 Å². The Bertz CT molecular complexity index is 2030. The first kappa shape index (κ1) is 35.0. The lowest BCUT2D eigenvalue weighted by molar-refractivity contribution is -0.139. The van der Waals surface area contributed by atoms with Gasteiger partial charge in [0.2, 0.25) is 0 Å². The van der Waals surface area contributed by atoms with Crippen molar-refractivity contribution in [1.82, 2.24) is 4.57 Å². The molecule has 9 nitrogen and oxygen atoms in total. The number of rotatable bonds is 12. The van der Waals surface area contributed by atoms with E-state index < -0.39 is 12.0 Å². The molecular weight excluding hydrogens is 696 g/mol. The smallest absolute Gasteiger partial charge is 0.338 e. The number of hydrogen-bond donors (Lipinski definition) is 0. The standard InChI is InChI=1S/C37H39BrN2O7S/c1-8-44-30-17-25(16-27(38)34(30)46-20-24-12-10-22(5)11-13-24)18-31-35(41)40-33(26-14-15-28(47-21(3)4)29(19-26)43-7)32(36(42)45-9-2)23(6)39-37(40)48-31/h10-19,21,33H,8-9,20H2,1-7H3/b31-18-/t33-/m1/s1. The summed E-state index contributed by atoms with van der Waals surface area (Å²) in [7, 11) is 1.55. The van der Waals surface area contributed by atoms with Gasteiger partial charge in [-0.3, -0.25) is 9.36 Å². The number of carbonyl (C=O) groups is 1. The molecule has 0 aliphatic carbocycles. The zero-order chi connectivity index (χ0) is 34.5. The van der Waals surface area contributed by atoms with Crippen molar-refractivity contribution in [2.45, 2.75) is 60.3 Å². The summed E-state index contributed by atoms with van der Waals surface area (Å²) in [5.74, 6) is 1.63. The maximum Gasteiger partial charge on any atom is 0.338 e. The van der Waals surface area contributed by atoms with E-state index in [-0.39, 0.29) is 23.8 Å². The molecule has 0 amide bonds. The molecule has 0 radical (unpaired) electrons. The number of halogens is 1. The normalized spacial score (nSPS) is 14.4. The summed E-state index contributed by atoms with van der Waals surface area (Å²) < 4.78 is 31.8. The van der Waals surface area contributed by atoms with Crippen LogP contribution in [-0.2, 0) is 16.1 Å². The van der Waals surface area contributed by atoms with Crippen molar-refractivity contribution >= 4 is 39.3 Å². The number of benzene rings is 3. The fraction of sp³-hybridized carbons (Fsp3) is 0.324. The van der Waals surface area contributed by atoms with E-state index >= 15 is 0 Å². The molecule has 1 aromatic heterocycles. The lowest BCUT2D eigenvalue weighted by Crippen LogP contribution is -2.40. The minimum absolute atomic E-state index is 0.0725. The highest BCUT2D eigenvalue weighted by Crippen LogP contribution is 2.39. The van der Waals surface area contributed by atoms with Crippen LogP contribution in [-0.4, -0.2) is 37.0 Å². The van der Waals surface area contributed by atoms with Gasteiger partial charge in [0.25, 0.3) is 5.56 Å². The summed E-state index contributed by atoms with van der Waals surface area (Å²) in [4.78, 5) is 32.7. The predicted octanol–water partition coefficient (Wildman–Crippen LogP) is 6.64. The molecule has 0 saturated heterocycles. The number of esters is 1. The molecule has 48 heavy (non-hydrogen) atoms. The molecule has 0 unspecified atom stereocenters. The van der Waals surface area contributed by atoms with Crippen molar-refractivity contribution in [2.75, 3.05) is 20.3 Å². The lowest BCUT2D eigenvalue weighted by atomic mass is 9.95. The summed E-state index contributed by atoms with van der Waals surface area (Å²) in [5.41, 5.74) is 4.06. The molecule has 252 valence electrons. The number of carbonyl (C=O) groups excluding carboxylic acids is 1. The van der Waals surface area contributed by atoms with Crippen LogP contribution in [0.25, 0.3) is 6.08 Å². The number of nitrogens with zero attached hydrogens (tertiary/aromatic N) is 2. The zero-order valence-electron chi connectivity index (χ0n) is 28.1. The third-order valence-corrected chi connectivity index (χ3v) is 9.09. The highest BCUT2D eigenvalue weighted by Gasteiger charge is 2.34. The Morgan fingerprint density at radius 3 is 2.42 bits per heavy atom. The Labute approximate surface area is 292 Å². The second-order valence-electron chi connectivity index (χ2n) is 11.4. The van der Waals surface area contributed by atoms with Crippen molar-refractivity contribution in [3.8, 4) is 23.0 Å². The van der Waals surface area contributed by atoms with Crippen LogP contribution in [0.4, 0.5) is 0 Å². The third-order valence-electron chi connectivity index (χ3n) is 7.52. The number of aryl methyl sites for hydroxylation is 1. The van der Waals surface area contributed by atoms with Gasteiger partial charge >= 0.3 is 5.97 Å². The van der Waals surface area contributed by atoms with Crippen molar-refractivity contribution in [3.63, 3.8) is 0 Å². The maximum absolute atomic E-state index is 14.2. The average molecular weight is 736 g/mol. The monoisotopic (exact) mass is 734 g/mol. The minimum atomic E-state index is -0.798. The average Bonchev–Trinajstić information content (AvgIpc) is 3.34. The molecule has 0 fully saturated rings. The van der Waals surface area contributed by atoms with E-state index in [1.165, 1.54) is 16.9 Å². The van der Waals surface area contributed by atoms with Gasteiger partial charge in [-0.05, 0) is 105 Å². The topological polar surface area (TPSA) is 97.6 Å². The van der Waals surface area contributed by atoms with Gasteiger partial charge in [-0.1, -0.05) is 47.2 Å². The number of aromatic nitrogens is 1. The molecule has 5 rings (SSSR count). The van der Waals surface area contributed by atoms with Gasteiger partial charge in [0.15, 0.2) is 27.8 Å². The van der Waals surface area contributed by atoms with Crippen molar-refractivity contribution < 1.29 is 28.5 Å². The first-order chi connectivity index (χ1) is 23.0. The number of thiazole rings is 1.